The topological polar surface area (TPSA) is 67.8 Å². The molecule has 0 aromatic heterocycles. The summed E-state index contributed by atoms with van der Waals surface area (Å²) in [6.07, 6.45) is 4.92. The van der Waals surface area contributed by atoms with Crippen molar-refractivity contribution < 1.29 is 19.4 Å². The molecule has 2 aliphatic rings. The van der Waals surface area contributed by atoms with E-state index in [1.54, 1.807) is 12.1 Å². The number of hydrogen-bond donors (Lipinski definition) is 2. The Labute approximate surface area is 123 Å². The van der Waals surface area contributed by atoms with Crippen LogP contribution >= 0.6 is 0 Å². The molecule has 5 nitrogen and oxygen atoms in total. The number of anilines is 1. The summed E-state index contributed by atoms with van der Waals surface area (Å²) in [6.45, 7) is 1.41. The van der Waals surface area contributed by atoms with E-state index in [-0.39, 0.29) is 5.79 Å². The molecule has 1 spiro atoms. The van der Waals surface area contributed by atoms with E-state index in [1.807, 2.05) is 12.1 Å². The van der Waals surface area contributed by atoms with E-state index in [1.165, 1.54) is 5.57 Å². The van der Waals surface area contributed by atoms with E-state index in [4.69, 9.17) is 14.6 Å². The summed E-state index contributed by atoms with van der Waals surface area (Å²) in [6, 6.07) is 7.39. The third-order valence-corrected chi connectivity index (χ3v) is 4.00. The number of amides is 1. The van der Waals surface area contributed by atoms with E-state index in [9.17, 15) is 4.79 Å². The standard InChI is InChI=1S/C16H19NO4/c18-15(19)17-14-3-1-12(2-4-14)11-13-5-7-16(8-6-13)20-9-10-21-16/h1-4,11,17H,5-10H2,(H,18,19). The van der Waals surface area contributed by atoms with Gasteiger partial charge in [-0.25, -0.2) is 4.79 Å². The molecule has 1 aromatic carbocycles. The van der Waals surface area contributed by atoms with Crippen LogP contribution in [0.15, 0.2) is 29.8 Å². The SMILES string of the molecule is O=C(O)Nc1ccc(C=C2CCC3(CC2)OCCO3)cc1. The van der Waals surface area contributed by atoms with E-state index in [0.29, 0.717) is 18.9 Å². The van der Waals surface area contributed by atoms with Crippen molar-refractivity contribution in [3.63, 3.8) is 0 Å². The highest BCUT2D eigenvalue weighted by Gasteiger charge is 2.38. The van der Waals surface area contributed by atoms with Crippen LogP contribution in [-0.2, 0) is 9.47 Å². The molecule has 1 saturated carbocycles. The van der Waals surface area contributed by atoms with Crippen LogP contribution in [0.25, 0.3) is 6.08 Å². The third kappa shape index (κ3) is 3.43. The normalized spacial score (nSPS) is 20.5. The molecule has 1 aliphatic heterocycles. The van der Waals surface area contributed by atoms with Crippen LogP contribution in [-0.4, -0.2) is 30.2 Å². The molecule has 1 amide bonds. The van der Waals surface area contributed by atoms with Crippen LogP contribution in [0.4, 0.5) is 10.5 Å². The van der Waals surface area contributed by atoms with E-state index >= 15 is 0 Å². The summed E-state index contributed by atoms with van der Waals surface area (Å²) >= 11 is 0. The van der Waals surface area contributed by atoms with Gasteiger partial charge >= 0.3 is 6.09 Å². The van der Waals surface area contributed by atoms with Gasteiger partial charge in [-0.2, -0.15) is 0 Å². The van der Waals surface area contributed by atoms with E-state index in [0.717, 1.165) is 31.2 Å². The smallest absolute Gasteiger partial charge is 0.409 e. The van der Waals surface area contributed by atoms with Gasteiger partial charge in [0.05, 0.1) is 13.2 Å². The Kier molecular flexibility index (Phi) is 3.94. The number of carboxylic acid groups (broad SMARTS) is 1. The molecular formula is C16H19NO4. The van der Waals surface area contributed by atoms with Crippen molar-refractivity contribution in [2.24, 2.45) is 0 Å². The van der Waals surface area contributed by atoms with Gasteiger partial charge < -0.3 is 14.6 Å². The monoisotopic (exact) mass is 289 g/mol. The predicted molar refractivity (Wildman–Crippen MR) is 79.2 cm³/mol. The zero-order chi connectivity index (χ0) is 14.7. The van der Waals surface area contributed by atoms with Crippen LogP contribution in [0, 0.1) is 0 Å². The highest BCUT2D eigenvalue weighted by molar-refractivity contribution is 5.82. The van der Waals surface area contributed by atoms with Crippen molar-refractivity contribution >= 4 is 17.9 Å². The van der Waals surface area contributed by atoms with Gasteiger partial charge in [-0.05, 0) is 30.5 Å². The van der Waals surface area contributed by atoms with Gasteiger partial charge in [0.1, 0.15) is 0 Å². The Balaban J connectivity index is 1.62. The molecule has 1 saturated heterocycles. The minimum absolute atomic E-state index is 0.327. The number of nitrogens with one attached hydrogen (secondary N) is 1. The average Bonchev–Trinajstić information content (AvgIpc) is 2.92. The van der Waals surface area contributed by atoms with Gasteiger partial charge in [-0.15, -0.1) is 0 Å². The van der Waals surface area contributed by atoms with Crippen molar-refractivity contribution in [2.75, 3.05) is 18.5 Å². The molecule has 3 rings (SSSR count). The van der Waals surface area contributed by atoms with E-state index < -0.39 is 6.09 Å². The zero-order valence-electron chi connectivity index (χ0n) is 11.8. The quantitative estimate of drug-likeness (QED) is 0.874. The summed E-state index contributed by atoms with van der Waals surface area (Å²) in [5.74, 6) is -0.327. The van der Waals surface area contributed by atoms with Crippen LogP contribution in [0.1, 0.15) is 31.2 Å². The van der Waals surface area contributed by atoms with Crippen molar-refractivity contribution in [3.05, 3.63) is 35.4 Å². The number of benzene rings is 1. The summed E-state index contributed by atoms with van der Waals surface area (Å²) in [5, 5.41) is 11.0. The Hall–Kier alpha value is -1.85. The fourth-order valence-electron chi connectivity index (χ4n) is 2.90. The fraction of sp³-hybridized carbons (Fsp3) is 0.438. The van der Waals surface area contributed by atoms with Gasteiger partial charge in [-0.1, -0.05) is 23.8 Å². The average molecular weight is 289 g/mol. The fourth-order valence-corrected chi connectivity index (χ4v) is 2.90. The predicted octanol–water partition coefficient (Wildman–Crippen LogP) is 3.48. The van der Waals surface area contributed by atoms with E-state index in [2.05, 4.69) is 11.4 Å². The second-order valence-electron chi connectivity index (χ2n) is 5.46. The lowest BCUT2D eigenvalue weighted by Crippen LogP contribution is -2.33. The van der Waals surface area contributed by atoms with Crippen LogP contribution in [0.3, 0.4) is 0 Å². The van der Waals surface area contributed by atoms with Gasteiger partial charge in [0.25, 0.3) is 0 Å². The molecule has 0 bridgehead atoms. The molecular weight excluding hydrogens is 270 g/mol. The molecule has 0 atom stereocenters. The number of ether oxygens (including phenoxy) is 2. The van der Waals surface area contributed by atoms with Crippen molar-refractivity contribution in [2.45, 2.75) is 31.5 Å². The minimum Gasteiger partial charge on any atom is -0.465 e. The van der Waals surface area contributed by atoms with Crippen molar-refractivity contribution in [3.8, 4) is 0 Å². The van der Waals surface area contributed by atoms with Gasteiger partial charge in [0.2, 0.25) is 0 Å². The summed E-state index contributed by atoms with van der Waals surface area (Å²) in [4.78, 5) is 10.5. The zero-order valence-corrected chi connectivity index (χ0v) is 11.8. The lowest BCUT2D eigenvalue weighted by molar-refractivity contribution is -0.171. The Bertz CT molecular complexity index is 532. The first-order valence-electron chi connectivity index (χ1n) is 7.23. The van der Waals surface area contributed by atoms with Gasteiger partial charge in [-0.3, -0.25) is 5.32 Å². The number of carbonyl (C=O) groups is 1. The molecule has 112 valence electrons. The molecule has 0 unspecified atom stereocenters. The molecule has 21 heavy (non-hydrogen) atoms. The second kappa shape index (κ2) is 5.87. The van der Waals surface area contributed by atoms with Crippen LogP contribution in [0.5, 0.6) is 0 Å². The van der Waals surface area contributed by atoms with Gasteiger partial charge in [0, 0.05) is 18.5 Å². The number of hydrogen-bond acceptors (Lipinski definition) is 3. The second-order valence-corrected chi connectivity index (χ2v) is 5.46. The molecule has 1 aliphatic carbocycles. The lowest BCUT2D eigenvalue weighted by Gasteiger charge is -2.32. The maximum atomic E-state index is 10.5. The summed E-state index contributed by atoms with van der Waals surface area (Å²) < 4.78 is 11.4. The Morgan fingerprint density at radius 2 is 1.76 bits per heavy atom. The molecule has 5 heteroatoms. The largest absolute Gasteiger partial charge is 0.465 e. The van der Waals surface area contributed by atoms with Crippen LogP contribution < -0.4 is 5.32 Å². The lowest BCUT2D eigenvalue weighted by atomic mass is 9.88. The maximum absolute atomic E-state index is 10.5. The first kappa shape index (κ1) is 14.1. The minimum atomic E-state index is -1.05. The van der Waals surface area contributed by atoms with Crippen molar-refractivity contribution in [1.29, 1.82) is 0 Å². The van der Waals surface area contributed by atoms with Crippen molar-refractivity contribution in [1.82, 2.24) is 0 Å². The van der Waals surface area contributed by atoms with Gasteiger partial charge in [0.15, 0.2) is 5.79 Å². The molecule has 1 heterocycles. The Morgan fingerprint density at radius 1 is 1.14 bits per heavy atom. The maximum Gasteiger partial charge on any atom is 0.409 e. The molecule has 2 N–H and O–H groups in total. The highest BCUT2D eigenvalue weighted by atomic mass is 16.7. The molecule has 2 fully saturated rings. The molecule has 1 aromatic rings. The highest BCUT2D eigenvalue weighted by Crippen LogP contribution is 2.38. The Morgan fingerprint density at radius 3 is 2.33 bits per heavy atom. The molecule has 0 radical (unpaired) electrons. The summed E-state index contributed by atoms with van der Waals surface area (Å²) in [5.41, 5.74) is 3.06. The number of allylic oxidation sites excluding steroid dienone is 1. The van der Waals surface area contributed by atoms with Crippen LogP contribution in [0.2, 0.25) is 0 Å². The first-order chi connectivity index (χ1) is 10.2. The number of rotatable bonds is 2. The third-order valence-electron chi connectivity index (χ3n) is 4.00. The summed E-state index contributed by atoms with van der Waals surface area (Å²) in [7, 11) is 0. The first-order valence-corrected chi connectivity index (χ1v) is 7.23.